The van der Waals surface area contributed by atoms with E-state index in [0.29, 0.717) is 19.4 Å². The second-order valence-electron chi connectivity index (χ2n) is 6.75. The van der Waals surface area contributed by atoms with Gasteiger partial charge in [-0.2, -0.15) is 0 Å². The number of piperidine rings is 1. The van der Waals surface area contributed by atoms with E-state index < -0.39 is 0 Å². The van der Waals surface area contributed by atoms with Crippen LogP contribution in [0.1, 0.15) is 44.2 Å². The van der Waals surface area contributed by atoms with Gasteiger partial charge in [0.05, 0.1) is 5.41 Å². The minimum Gasteiger partial charge on any atom is -0.355 e. The van der Waals surface area contributed by atoms with E-state index in [-0.39, 0.29) is 23.3 Å². The fourth-order valence-electron chi connectivity index (χ4n) is 4.16. The largest absolute Gasteiger partial charge is 0.355 e. The van der Waals surface area contributed by atoms with Gasteiger partial charge >= 0.3 is 0 Å². The molecule has 2 fully saturated rings. The summed E-state index contributed by atoms with van der Waals surface area (Å²) in [6.45, 7) is 0.599. The molecule has 124 valence electrons. The normalized spacial score (nSPS) is 27.4. The van der Waals surface area contributed by atoms with E-state index in [1.807, 2.05) is 30.1 Å². The van der Waals surface area contributed by atoms with Gasteiger partial charge < -0.3 is 10.2 Å². The van der Waals surface area contributed by atoms with Crippen LogP contribution in [0.15, 0.2) is 24.4 Å². The SMILES string of the molecule is CN1C(=O)CC[C@@]2(C(=O)NCCc3ccccn3)CCCC[C@H]12. The van der Waals surface area contributed by atoms with Crippen LogP contribution in [0.25, 0.3) is 0 Å². The first-order valence-corrected chi connectivity index (χ1v) is 8.57. The summed E-state index contributed by atoms with van der Waals surface area (Å²) in [5.41, 5.74) is 0.604. The lowest BCUT2D eigenvalue weighted by Crippen LogP contribution is -2.60. The molecule has 0 aromatic carbocycles. The zero-order valence-corrected chi connectivity index (χ0v) is 13.8. The second kappa shape index (κ2) is 6.69. The number of carbonyl (C=O) groups is 2. The highest BCUT2D eigenvalue weighted by atomic mass is 16.2. The summed E-state index contributed by atoms with van der Waals surface area (Å²) in [7, 11) is 1.85. The van der Waals surface area contributed by atoms with E-state index in [2.05, 4.69) is 10.3 Å². The van der Waals surface area contributed by atoms with Crippen LogP contribution in [0.3, 0.4) is 0 Å². The summed E-state index contributed by atoms with van der Waals surface area (Å²) < 4.78 is 0. The molecule has 0 radical (unpaired) electrons. The summed E-state index contributed by atoms with van der Waals surface area (Å²) in [5, 5.41) is 3.11. The Morgan fingerprint density at radius 1 is 1.39 bits per heavy atom. The summed E-state index contributed by atoms with van der Waals surface area (Å²) in [5.74, 6) is 0.297. The number of nitrogens with zero attached hydrogens (tertiary/aromatic N) is 2. The number of hydrogen-bond donors (Lipinski definition) is 1. The molecule has 1 N–H and O–H groups in total. The first-order valence-electron chi connectivity index (χ1n) is 8.57. The van der Waals surface area contributed by atoms with Gasteiger partial charge in [0.25, 0.3) is 0 Å². The predicted octanol–water partition coefficient (Wildman–Crippen LogP) is 1.92. The molecule has 2 amide bonds. The molecule has 1 saturated carbocycles. The van der Waals surface area contributed by atoms with Crippen LogP contribution in [-0.2, 0) is 16.0 Å². The van der Waals surface area contributed by atoms with Crippen molar-refractivity contribution < 1.29 is 9.59 Å². The summed E-state index contributed by atoms with van der Waals surface area (Å²) in [4.78, 5) is 31.0. The molecule has 2 heterocycles. The average molecular weight is 315 g/mol. The Bertz CT molecular complexity index is 575. The lowest BCUT2D eigenvalue weighted by Gasteiger charge is -2.50. The van der Waals surface area contributed by atoms with Crippen LogP contribution >= 0.6 is 0 Å². The fraction of sp³-hybridized carbons (Fsp3) is 0.611. The average Bonchev–Trinajstić information content (AvgIpc) is 2.59. The monoisotopic (exact) mass is 315 g/mol. The van der Waals surface area contributed by atoms with Crippen LogP contribution < -0.4 is 5.32 Å². The molecule has 0 bridgehead atoms. The molecular weight excluding hydrogens is 290 g/mol. The van der Waals surface area contributed by atoms with Crippen LogP contribution in [0, 0.1) is 5.41 Å². The van der Waals surface area contributed by atoms with Crippen molar-refractivity contribution in [2.24, 2.45) is 5.41 Å². The quantitative estimate of drug-likeness (QED) is 0.923. The molecule has 1 aromatic heterocycles. The van der Waals surface area contributed by atoms with Gasteiger partial charge in [0.15, 0.2) is 0 Å². The number of aromatic nitrogens is 1. The third kappa shape index (κ3) is 3.09. The van der Waals surface area contributed by atoms with Gasteiger partial charge in [0.1, 0.15) is 0 Å². The Morgan fingerprint density at radius 2 is 2.26 bits per heavy atom. The minimum atomic E-state index is -0.384. The third-order valence-electron chi connectivity index (χ3n) is 5.48. The number of carbonyl (C=O) groups excluding carboxylic acids is 2. The maximum Gasteiger partial charge on any atom is 0.228 e. The molecule has 1 saturated heterocycles. The Hall–Kier alpha value is -1.91. The number of pyridine rings is 1. The number of hydrogen-bond acceptors (Lipinski definition) is 3. The van der Waals surface area contributed by atoms with Crippen molar-refractivity contribution in [1.29, 1.82) is 0 Å². The molecule has 0 spiro atoms. The Kier molecular flexibility index (Phi) is 4.64. The second-order valence-corrected chi connectivity index (χ2v) is 6.75. The Labute approximate surface area is 137 Å². The number of likely N-dealkylation sites (tertiary alicyclic amines) is 1. The zero-order valence-electron chi connectivity index (χ0n) is 13.8. The third-order valence-corrected chi connectivity index (χ3v) is 5.48. The molecule has 1 aromatic rings. The summed E-state index contributed by atoms with van der Waals surface area (Å²) in [6, 6.07) is 5.89. The molecule has 2 atom stereocenters. The zero-order chi connectivity index (χ0) is 16.3. The van der Waals surface area contributed by atoms with Crippen molar-refractivity contribution in [2.75, 3.05) is 13.6 Å². The summed E-state index contributed by atoms with van der Waals surface area (Å²) in [6.07, 6.45) is 7.70. The van der Waals surface area contributed by atoms with Gasteiger partial charge in [0.2, 0.25) is 11.8 Å². The molecule has 3 rings (SSSR count). The van der Waals surface area contributed by atoms with Crippen molar-refractivity contribution in [1.82, 2.24) is 15.2 Å². The van der Waals surface area contributed by atoms with Crippen molar-refractivity contribution in [3.8, 4) is 0 Å². The lowest BCUT2D eigenvalue weighted by molar-refractivity contribution is -0.153. The number of rotatable bonds is 4. The van der Waals surface area contributed by atoms with E-state index in [4.69, 9.17) is 0 Å². The van der Waals surface area contributed by atoms with Gasteiger partial charge in [0, 0.05) is 44.4 Å². The van der Waals surface area contributed by atoms with Crippen LogP contribution in [0.5, 0.6) is 0 Å². The number of amides is 2. The predicted molar refractivity (Wildman–Crippen MR) is 87.6 cm³/mol. The van der Waals surface area contributed by atoms with Gasteiger partial charge in [-0.1, -0.05) is 18.9 Å². The molecular formula is C18H25N3O2. The topological polar surface area (TPSA) is 62.3 Å². The van der Waals surface area contributed by atoms with Gasteiger partial charge in [-0.05, 0) is 31.4 Å². The maximum absolute atomic E-state index is 12.9. The first kappa shape index (κ1) is 16.0. The van der Waals surface area contributed by atoms with E-state index in [0.717, 1.165) is 37.8 Å². The standard InChI is InChI=1S/C18H25N3O2/c1-21-15-7-2-4-10-18(15,11-8-16(21)22)17(23)20-13-9-14-6-3-5-12-19-14/h3,5-6,12,15H,2,4,7-11,13H2,1H3,(H,20,23)/t15-,18-/m0/s1. The molecule has 0 unspecified atom stereocenters. The van der Waals surface area contributed by atoms with Crippen molar-refractivity contribution in [3.63, 3.8) is 0 Å². The number of fused-ring (bicyclic) bond motifs is 1. The van der Waals surface area contributed by atoms with Gasteiger partial charge in [-0.25, -0.2) is 0 Å². The molecule has 23 heavy (non-hydrogen) atoms. The molecule has 1 aliphatic carbocycles. The fourth-order valence-corrected chi connectivity index (χ4v) is 4.16. The Morgan fingerprint density at radius 3 is 3.04 bits per heavy atom. The van der Waals surface area contributed by atoms with E-state index in [1.165, 1.54) is 0 Å². The van der Waals surface area contributed by atoms with E-state index >= 15 is 0 Å². The molecule has 2 aliphatic rings. The Balaban J connectivity index is 1.65. The lowest BCUT2D eigenvalue weighted by atomic mass is 9.64. The first-order chi connectivity index (χ1) is 11.1. The molecule has 5 heteroatoms. The van der Waals surface area contributed by atoms with E-state index in [1.54, 1.807) is 6.20 Å². The van der Waals surface area contributed by atoms with Crippen molar-refractivity contribution in [3.05, 3.63) is 30.1 Å². The van der Waals surface area contributed by atoms with Crippen molar-refractivity contribution in [2.45, 2.75) is 51.0 Å². The van der Waals surface area contributed by atoms with Gasteiger partial charge in [-0.3, -0.25) is 14.6 Å². The molecule has 1 aliphatic heterocycles. The van der Waals surface area contributed by atoms with Crippen LogP contribution in [0.4, 0.5) is 0 Å². The highest BCUT2D eigenvalue weighted by Gasteiger charge is 2.52. The number of nitrogens with one attached hydrogen (secondary N) is 1. The van der Waals surface area contributed by atoms with E-state index in [9.17, 15) is 9.59 Å². The maximum atomic E-state index is 12.9. The highest BCUT2D eigenvalue weighted by Crippen LogP contribution is 2.46. The summed E-state index contributed by atoms with van der Waals surface area (Å²) >= 11 is 0. The molecule has 5 nitrogen and oxygen atoms in total. The minimum absolute atomic E-state index is 0.0624. The van der Waals surface area contributed by atoms with Crippen LogP contribution in [0.2, 0.25) is 0 Å². The highest BCUT2D eigenvalue weighted by molar-refractivity contribution is 5.87. The van der Waals surface area contributed by atoms with Crippen LogP contribution in [-0.4, -0.2) is 41.3 Å². The smallest absolute Gasteiger partial charge is 0.228 e. The van der Waals surface area contributed by atoms with Crippen molar-refractivity contribution >= 4 is 11.8 Å². The van der Waals surface area contributed by atoms with Gasteiger partial charge in [-0.15, -0.1) is 0 Å².